The molecule has 1 N–H and O–H groups in total. The summed E-state index contributed by atoms with van der Waals surface area (Å²) in [6.07, 6.45) is 1.92. The van der Waals surface area contributed by atoms with Crippen LogP contribution in [0.5, 0.6) is 5.75 Å². The van der Waals surface area contributed by atoms with Gasteiger partial charge in [-0.2, -0.15) is 11.8 Å². The summed E-state index contributed by atoms with van der Waals surface area (Å²) >= 11 is 9.12. The van der Waals surface area contributed by atoms with Gasteiger partial charge in [-0.05, 0) is 79.4 Å². The first-order valence-corrected chi connectivity index (χ1v) is 15.5. The Morgan fingerprint density at radius 2 is 1.67 bits per heavy atom. The summed E-state index contributed by atoms with van der Waals surface area (Å²) in [7, 11) is -3.97. The van der Waals surface area contributed by atoms with Gasteiger partial charge in [0, 0.05) is 28.0 Å². The maximum Gasteiger partial charge on any atom is 0.264 e. The van der Waals surface area contributed by atoms with E-state index in [1.807, 2.05) is 37.4 Å². The molecule has 36 heavy (non-hydrogen) atoms. The molecule has 0 spiro atoms. The van der Waals surface area contributed by atoms with Crippen LogP contribution in [0.25, 0.3) is 0 Å². The number of halogens is 1. The minimum atomic E-state index is -3.97. The van der Waals surface area contributed by atoms with Crippen molar-refractivity contribution in [3.63, 3.8) is 0 Å². The minimum absolute atomic E-state index is 0.125. The first kappa shape index (κ1) is 28.2. The summed E-state index contributed by atoms with van der Waals surface area (Å²) in [5.41, 5.74) is 1.54. The predicted molar refractivity (Wildman–Crippen MR) is 151 cm³/mol. The second-order valence-corrected chi connectivity index (χ2v) is 11.9. The molecule has 0 bridgehead atoms. The van der Waals surface area contributed by atoms with Gasteiger partial charge in [0.2, 0.25) is 5.91 Å². The molecule has 0 saturated carbocycles. The molecule has 0 fully saturated rings. The number of carbonyl (C=O) groups is 1. The lowest BCUT2D eigenvalue weighted by Gasteiger charge is -2.24. The number of hydrogen-bond donors (Lipinski definition) is 1. The molecule has 3 rings (SSSR count). The van der Waals surface area contributed by atoms with E-state index in [-0.39, 0.29) is 17.3 Å². The second kappa shape index (κ2) is 13.8. The number of hydrogen-bond acceptors (Lipinski definition) is 6. The number of rotatable bonds is 13. The largest absolute Gasteiger partial charge is 0.494 e. The maximum absolute atomic E-state index is 13.5. The maximum atomic E-state index is 13.5. The first-order chi connectivity index (χ1) is 17.3. The number of amides is 1. The van der Waals surface area contributed by atoms with Gasteiger partial charge in [0.1, 0.15) is 12.3 Å². The molecule has 10 heteroatoms. The normalized spacial score (nSPS) is 11.2. The number of sulfonamides is 1. The fourth-order valence-corrected chi connectivity index (χ4v) is 6.06. The van der Waals surface area contributed by atoms with E-state index in [9.17, 15) is 13.2 Å². The van der Waals surface area contributed by atoms with Crippen molar-refractivity contribution in [1.82, 2.24) is 5.32 Å². The van der Waals surface area contributed by atoms with Crippen LogP contribution in [0.3, 0.4) is 0 Å². The smallest absolute Gasteiger partial charge is 0.264 e. The number of thioether (sulfide) groups is 2. The Labute approximate surface area is 226 Å². The Bertz CT molecular complexity index is 1220. The van der Waals surface area contributed by atoms with Crippen molar-refractivity contribution >= 4 is 56.7 Å². The molecule has 1 amide bonds. The first-order valence-electron chi connectivity index (χ1n) is 11.3. The Morgan fingerprint density at radius 3 is 2.28 bits per heavy atom. The molecule has 0 aromatic heterocycles. The predicted octanol–water partition coefficient (Wildman–Crippen LogP) is 5.71. The quantitative estimate of drug-likeness (QED) is 0.212. The van der Waals surface area contributed by atoms with Crippen molar-refractivity contribution in [3.8, 4) is 5.75 Å². The van der Waals surface area contributed by atoms with Gasteiger partial charge in [-0.3, -0.25) is 9.10 Å². The summed E-state index contributed by atoms with van der Waals surface area (Å²) < 4.78 is 33.7. The molecule has 0 heterocycles. The highest BCUT2D eigenvalue weighted by Gasteiger charge is 2.27. The molecule has 0 radical (unpaired) electrons. The van der Waals surface area contributed by atoms with E-state index < -0.39 is 10.0 Å². The monoisotopic (exact) mass is 564 g/mol. The van der Waals surface area contributed by atoms with Crippen molar-refractivity contribution in [3.05, 3.63) is 83.4 Å². The molecule has 0 aliphatic rings. The zero-order valence-electron chi connectivity index (χ0n) is 20.1. The summed E-state index contributed by atoms with van der Waals surface area (Å²) in [6.45, 7) is 2.47. The van der Waals surface area contributed by atoms with Gasteiger partial charge in [0.15, 0.2) is 0 Å². The van der Waals surface area contributed by atoms with Crippen LogP contribution in [0.2, 0.25) is 5.02 Å². The lowest BCUT2D eigenvalue weighted by Crippen LogP contribution is -2.41. The Morgan fingerprint density at radius 1 is 1.00 bits per heavy atom. The van der Waals surface area contributed by atoms with Crippen molar-refractivity contribution in [2.24, 2.45) is 0 Å². The fourth-order valence-electron chi connectivity index (χ4n) is 3.28. The fraction of sp³-hybridized carbons (Fsp3) is 0.269. The van der Waals surface area contributed by atoms with Crippen LogP contribution in [0.15, 0.2) is 82.6 Å². The van der Waals surface area contributed by atoms with E-state index in [1.54, 1.807) is 60.3 Å². The Kier molecular flexibility index (Phi) is 10.9. The highest BCUT2D eigenvalue weighted by Crippen LogP contribution is 2.27. The van der Waals surface area contributed by atoms with Crippen LogP contribution in [0.4, 0.5) is 5.69 Å². The summed E-state index contributed by atoms with van der Waals surface area (Å²) in [5, 5.41) is 3.53. The average Bonchev–Trinajstić information content (AvgIpc) is 2.89. The van der Waals surface area contributed by atoms with Gasteiger partial charge in [0.05, 0.1) is 17.2 Å². The van der Waals surface area contributed by atoms with Gasteiger partial charge in [-0.1, -0.05) is 23.7 Å². The van der Waals surface area contributed by atoms with E-state index in [4.69, 9.17) is 16.3 Å². The van der Waals surface area contributed by atoms with Crippen LogP contribution < -0.4 is 14.4 Å². The van der Waals surface area contributed by atoms with Gasteiger partial charge in [-0.15, -0.1) is 11.8 Å². The van der Waals surface area contributed by atoms with Crippen molar-refractivity contribution < 1.29 is 17.9 Å². The molecule has 0 aliphatic heterocycles. The van der Waals surface area contributed by atoms with Crippen LogP contribution in [0, 0.1) is 0 Å². The van der Waals surface area contributed by atoms with Crippen LogP contribution in [0.1, 0.15) is 12.5 Å². The van der Waals surface area contributed by atoms with Gasteiger partial charge in [-0.25, -0.2) is 8.42 Å². The summed E-state index contributed by atoms with van der Waals surface area (Å²) in [5.74, 6) is 1.75. The highest BCUT2D eigenvalue weighted by atomic mass is 35.5. The number of ether oxygens (including phenoxy) is 1. The molecule has 6 nitrogen and oxygen atoms in total. The number of nitrogens with zero attached hydrogens (tertiary/aromatic N) is 1. The number of nitrogens with one attached hydrogen (secondary N) is 1. The average molecular weight is 565 g/mol. The highest BCUT2D eigenvalue weighted by molar-refractivity contribution is 7.98. The van der Waals surface area contributed by atoms with Gasteiger partial charge >= 0.3 is 0 Å². The summed E-state index contributed by atoms with van der Waals surface area (Å²) in [4.78, 5) is 13.9. The van der Waals surface area contributed by atoms with E-state index in [0.717, 1.165) is 20.5 Å². The number of carbonyl (C=O) groups excluding carboxylic acids is 1. The molecular weight excluding hydrogens is 536 g/mol. The van der Waals surface area contributed by atoms with E-state index in [1.165, 1.54) is 11.8 Å². The lowest BCUT2D eigenvalue weighted by molar-refractivity contribution is -0.119. The zero-order valence-corrected chi connectivity index (χ0v) is 23.4. The molecule has 192 valence electrons. The Hall–Kier alpha value is -2.33. The molecule has 0 saturated heterocycles. The lowest BCUT2D eigenvalue weighted by atomic mass is 10.2. The summed E-state index contributed by atoms with van der Waals surface area (Å²) in [6, 6.07) is 21.0. The van der Waals surface area contributed by atoms with E-state index in [0.29, 0.717) is 35.4 Å². The zero-order chi connectivity index (χ0) is 26.0. The molecule has 0 aliphatic carbocycles. The molecule has 3 aromatic rings. The molecular formula is C26H29ClN2O4S3. The topological polar surface area (TPSA) is 75.7 Å². The third kappa shape index (κ3) is 8.09. The number of benzene rings is 3. The third-order valence-electron chi connectivity index (χ3n) is 5.12. The standard InChI is InChI=1S/C26H29ClN2O4S3/c1-3-33-23-10-8-22(9-11-23)29(36(31,32)25-14-12-24(34-2)13-15-25)18-26(30)28-16-17-35-19-20-4-6-21(27)7-5-20/h4-15H,3,16-19H2,1-2H3,(H,28,30). The molecule has 0 atom stereocenters. The van der Waals surface area contributed by atoms with Crippen molar-refractivity contribution in [1.29, 1.82) is 0 Å². The Balaban J connectivity index is 1.67. The van der Waals surface area contributed by atoms with Gasteiger partial charge < -0.3 is 10.1 Å². The van der Waals surface area contributed by atoms with Gasteiger partial charge in [0.25, 0.3) is 10.0 Å². The second-order valence-electron chi connectivity index (χ2n) is 7.64. The third-order valence-corrected chi connectivity index (χ3v) is 8.93. The van der Waals surface area contributed by atoms with Crippen LogP contribution in [-0.4, -0.2) is 46.0 Å². The number of anilines is 1. The molecule has 3 aromatic carbocycles. The van der Waals surface area contributed by atoms with Crippen molar-refractivity contribution in [2.75, 3.05) is 36.0 Å². The van der Waals surface area contributed by atoms with Crippen molar-refractivity contribution in [2.45, 2.75) is 22.5 Å². The van der Waals surface area contributed by atoms with E-state index >= 15 is 0 Å². The molecule has 0 unspecified atom stereocenters. The van der Waals surface area contributed by atoms with Crippen LogP contribution in [-0.2, 0) is 20.6 Å². The van der Waals surface area contributed by atoms with E-state index in [2.05, 4.69) is 5.32 Å². The SMILES string of the molecule is CCOc1ccc(N(CC(=O)NCCSCc2ccc(Cl)cc2)S(=O)(=O)c2ccc(SC)cc2)cc1. The van der Waals surface area contributed by atoms with Crippen LogP contribution >= 0.6 is 35.1 Å². The minimum Gasteiger partial charge on any atom is -0.494 e.